The van der Waals surface area contributed by atoms with Crippen LogP contribution in [0.2, 0.25) is 5.02 Å². The van der Waals surface area contributed by atoms with Crippen LogP contribution in [0.15, 0.2) is 108 Å². The number of nitro groups is 1. The lowest BCUT2D eigenvalue weighted by Crippen LogP contribution is -2.54. The first-order chi connectivity index (χ1) is 45.9. The molecule has 95 heavy (non-hydrogen) atoms. The van der Waals surface area contributed by atoms with Crippen molar-refractivity contribution in [3.05, 3.63) is 140 Å². The molecule has 28 heteroatoms. The van der Waals surface area contributed by atoms with E-state index in [1.807, 2.05) is 41.3 Å². The van der Waals surface area contributed by atoms with E-state index in [0.29, 0.717) is 112 Å². The Bertz CT molecular complexity index is 3970. The van der Waals surface area contributed by atoms with Gasteiger partial charge in [0.25, 0.3) is 33.4 Å². The number of H-pyrrole nitrogens is 1. The summed E-state index contributed by atoms with van der Waals surface area (Å²) in [6.45, 7) is 12.6. The number of carbonyl (C=O) groups excluding carboxylic acids is 5. The summed E-state index contributed by atoms with van der Waals surface area (Å²) in [4.78, 5) is 91.7. The summed E-state index contributed by atoms with van der Waals surface area (Å²) in [5, 5.41) is 22.2. The fourth-order valence-electron chi connectivity index (χ4n) is 12.4. The highest BCUT2D eigenvalue weighted by molar-refractivity contribution is 7.90. The van der Waals surface area contributed by atoms with Crippen molar-refractivity contribution in [2.24, 2.45) is 5.41 Å². The van der Waals surface area contributed by atoms with Crippen LogP contribution >= 0.6 is 11.6 Å². The van der Waals surface area contributed by atoms with Gasteiger partial charge < -0.3 is 53.8 Å². The van der Waals surface area contributed by atoms with Crippen molar-refractivity contribution in [1.29, 1.82) is 0 Å². The Balaban J connectivity index is 0.610. The van der Waals surface area contributed by atoms with E-state index in [1.165, 1.54) is 34.9 Å². The van der Waals surface area contributed by atoms with E-state index in [4.69, 9.17) is 45.0 Å². The van der Waals surface area contributed by atoms with Gasteiger partial charge in [-0.1, -0.05) is 49.2 Å². The maximum absolute atomic E-state index is 14.5. The molecule has 2 fully saturated rings. The Kier molecular flexibility index (Phi) is 22.1. The third-order valence-corrected chi connectivity index (χ3v) is 18.9. The summed E-state index contributed by atoms with van der Waals surface area (Å²) < 4.78 is 64.6. The predicted molar refractivity (Wildman–Crippen MR) is 356 cm³/mol. The largest absolute Gasteiger partial charge is 0.476 e. The number of piperidine rings is 1. The Morgan fingerprint density at radius 1 is 0.779 bits per heavy atom. The summed E-state index contributed by atoms with van der Waals surface area (Å²) in [5.74, 6) is -2.85. The maximum Gasteiger partial charge on any atom is 0.293 e. The molecule has 26 nitrogen and oxygen atoms in total. The molecule has 1 atom stereocenters. The van der Waals surface area contributed by atoms with Gasteiger partial charge in [-0.2, -0.15) is 4.98 Å². The highest BCUT2D eigenvalue weighted by atomic mass is 35.5. The molecular weight excluding hydrogens is 1270 g/mol. The number of carbonyl (C=O) groups is 5. The van der Waals surface area contributed by atoms with Crippen molar-refractivity contribution in [2.75, 3.05) is 145 Å². The number of hydrogen-bond acceptors (Lipinski definition) is 21. The second kappa shape index (κ2) is 30.9. The van der Waals surface area contributed by atoms with Crippen molar-refractivity contribution < 1.29 is 65.7 Å². The summed E-state index contributed by atoms with van der Waals surface area (Å²) in [6, 6.07) is 24.6. The molecule has 0 bridgehead atoms. The average molecular weight is 1340 g/mol. The fourth-order valence-corrected chi connectivity index (χ4v) is 13.5. The number of aromatic nitrogens is 2. The highest BCUT2D eigenvalue weighted by Gasteiger charge is 2.46. The summed E-state index contributed by atoms with van der Waals surface area (Å²) >= 11 is 6.29. The van der Waals surface area contributed by atoms with Crippen LogP contribution in [0.3, 0.4) is 0 Å². The number of halogens is 1. The van der Waals surface area contributed by atoms with Gasteiger partial charge in [0.15, 0.2) is 0 Å². The molecule has 11 rings (SSSR count). The first-order valence-corrected chi connectivity index (χ1v) is 33.8. The van der Waals surface area contributed by atoms with E-state index >= 15 is 0 Å². The number of allylic oxidation sites excluding steroid dienone is 1. The quantitative estimate of drug-likeness (QED) is 0.0124. The highest BCUT2D eigenvalue weighted by Crippen LogP contribution is 2.45. The Morgan fingerprint density at radius 2 is 1.46 bits per heavy atom. The van der Waals surface area contributed by atoms with E-state index in [0.717, 1.165) is 60.9 Å². The van der Waals surface area contributed by atoms with Gasteiger partial charge in [0.1, 0.15) is 23.1 Å². The number of nitro benzene ring substituents is 1. The first kappa shape index (κ1) is 67.9. The van der Waals surface area contributed by atoms with Gasteiger partial charge in [0.2, 0.25) is 17.7 Å². The van der Waals surface area contributed by atoms with Crippen molar-refractivity contribution in [2.45, 2.75) is 63.3 Å². The van der Waals surface area contributed by atoms with E-state index < -0.39 is 61.1 Å². The van der Waals surface area contributed by atoms with Gasteiger partial charge in [0, 0.05) is 92.8 Å². The Labute approximate surface area is 555 Å². The van der Waals surface area contributed by atoms with Crippen LogP contribution < -0.4 is 35.2 Å². The Morgan fingerprint density at radius 3 is 2.15 bits per heavy atom. The van der Waals surface area contributed by atoms with Gasteiger partial charge in [-0.25, -0.2) is 13.1 Å². The van der Waals surface area contributed by atoms with Crippen molar-refractivity contribution in [1.82, 2.24) is 29.8 Å². The van der Waals surface area contributed by atoms with Gasteiger partial charge in [0.05, 0.1) is 105 Å². The number of benzene rings is 4. The molecule has 6 aromatic rings. The van der Waals surface area contributed by atoms with Gasteiger partial charge >= 0.3 is 0 Å². The van der Waals surface area contributed by atoms with Gasteiger partial charge in [-0.3, -0.25) is 49.2 Å². The van der Waals surface area contributed by atoms with Crippen LogP contribution in [0, 0.1) is 15.5 Å². The second-order valence-electron chi connectivity index (χ2n) is 24.4. The molecule has 5 amide bonds. The summed E-state index contributed by atoms with van der Waals surface area (Å²) in [5.41, 5.74) is 7.21. The van der Waals surface area contributed by atoms with Crippen LogP contribution in [-0.2, 0) is 43.3 Å². The standard InChI is InChI=1S/C67H78ClN11O15S/c1-67(2)19-17-46(52(42-67)44-7-9-47(68)10-8-44)43-75-24-26-76(27-25-75)48-11-13-50(56(40-48)77-23-4-28-94-64-58(77)39-45-18-20-71-61(45)73-64)62(81)74-95(87,88)49-12-14-53(57(41-49)79(85)86)69-21-29-89-31-33-91-35-37-93-38-36-92-34-32-90-30-22-70-54-6-3-5-51-60(54)66(84)78(65(51)83)55-15-16-59(80)72-63(55)82/h3,5-14,18,20,39-41,55,69-70H,4,15-17,19,21-38,42-43H2,1-2H3,(H,71,73)(H,74,81)(H,72,80,82). The maximum atomic E-state index is 14.5. The zero-order valence-corrected chi connectivity index (χ0v) is 54.7. The number of nitrogens with one attached hydrogen (secondary N) is 5. The van der Waals surface area contributed by atoms with Crippen LogP contribution in [-0.4, -0.2) is 194 Å². The van der Waals surface area contributed by atoms with E-state index in [1.54, 1.807) is 24.4 Å². The number of anilines is 5. The number of ether oxygens (including phenoxy) is 6. The molecule has 4 aromatic carbocycles. The molecule has 1 aliphatic carbocycles. The molecule has 0 radical (unpaired) electrons. The van der Waals surface area contributed by atoms with Crippen LogP contribution in [0.1, 0.15) is 89.0 Å². The lowest BCUT2D eigenvalue weighted by atomic mass is 9.72. The molecule has 0 saturated carbocycles. The number of imide groups is 2. The zero-order valence-electron chi connectivity index (χ0n) is 53.1. The van der Waals surface area contributed by atoms with Crippen LogP contribution in [0.25, 0.3) is 16.6 Å². The number of fused-ring (bicyclic) bond motifs is 3. The summed E-state index contributed by atoms with van der Waals surface area (Å²) in [6.07, 6.45) is 5.59. The SMILES string of the molecule is CC1(C)CCC(CN2CCN(c3ccc(C(=O)NS(=O)(=O)c4ccc(NCCOCCOCCOCCOCCOCCNc5cccc6c5C(=O)N(C5CCC(=O)NC5=O)C6=O)c([N+](=O)[O-])c4)c(N4CCCOc5nc6[nH]ccc6cc54)c3)CC2)=C(c2ccc(Cl)cc2)C1. The molecule has 2 aromatic heterocycles. The number of amides is 5. The Hall–Kier alpha value is -8.54. The zero-order chi connectivity index (χ0) is 66.6. The average Bonchev–Trinajstić information content (AvgIpc) is 1.20. The number of rotatable bonds is 30. The minimum Gasteiger partial charge on any atom is -0.476 e. The van der Waals surface area contributed by atoms with Crippen molar-refractivity contribution in [3.63, 3.8) is 0 Å². The van der Waals surface area contributed by atoms with E-state index in [9.17, 15) is 42.5 Å². The molecule has 6 heterocycles. The van der Waals surface area contributed by atoms with Crippen LogP contribution in [0.5, 0.6) is 5.88 Å². The first-order valence-electron chi connectivity index (χ1n) is 31.9. The van der Waals surface area contributed by atoms with E-state index in [-0.39, 0.29) is 73.6 Å². The number of piperazine rings is 1. The molecular formula is C67H78ClN11O15S. The number of nitrogens with zero attached hydrogens (tertiary/aromatic N) is 6. The lowest BCUT2D eigenvalue weighted by Gasteiger charge is -2.39. The monoisotopic (exact) mass is 1340 g/mol. The fraction of sp³-hybridized carbons (Fsp3) is 0.433. The minimum atomic E-state index is -4.67. The third-order valence-electron chi connectivity index (χ3n) is 17.4. The number of pyridine rings is 1. The molecule has 4 aliphatic heterocycles. The molecule has 5 N–H and O–H groups in total. The smallest absolute Gasteiger partial charge is 0.293 e. The number of hydrogen-bond donors (Lipinski definition) is 5. The molecule has 5 aliphatic rings. The lowest BCUT2D eigenvalue weighted by molar-refractivity contribution is -0.384. The predicted octanol–water partition coefficient (Wildman–Crippen LogP) is 7.96. The van der Waals surface area contributed by atoms with Crippen molar-refractivity contribution >= 4 is 102 Å². The normalized spacial score (nSPS) is 17.5. The number of aromatic amines is 1. The molecule has 0 spiro atoms. The van der Waals surface area contributed by atoms with Crippen molar-refractivity contribution in [3.8, 4) is 5.88 Å². The van der Waals surface area contributed by atoms with Gasteiger partial charge in [-0.15, -0.1) is 0 Å². The van der Waals surface area contributed by atoms with Crippen LogP contribution in [0.4, 0.5) is 34.1 Å². The third kappa shape index (κ3) is 16.6. The molecule has 1 unspecified atom stereocenters. The second-order valence-corrected chi connectivity index (χ2v) is 26.6. The minimum absolute atomic E-state index is 0.0352. The summed E-state index contributed by atoms with van der Waals surface area (Å²) in [7, 11) is -4.67. The van der Waals surface area contributed by atoms with E-state index in [2.05, 4.69) is 61.4 Å². The molecule has 2 saturated heterocycles. The topological polar surface area (TPSA) is 308 Å². The van der Waals surface area contributed by atoms with Gasteiger partial charge in [-0.05, 0) is 115 Å². The number of sulfonamides is 1. The molecule has 504 valence electrons.